The van der Waals surface area contributed by atoms with Gasteiger partial charge >= 0.3 is 0 Å². The molecule has 9 nitrogen and oxygen atoms in total. The Hall–Kier alpha value is -3.23. The van der Waals surface area contributed by atoms with Crippen molar-refractivity contribution in [2.45, 2.75) is 103 Å². The molecule has 204 valence electrons. The number of Topliss-reactive ketones (excluding diaryl/α,β-unsaturated/α-hetero) is 1. The molecule has 1 fully saturated rings. The van der Waals surface area contributed by atoms with Gasteiger partial charge in [-0.1, -0.05) is 50.1 Å². The third-order valence-electron chi connectivity index (χ3n) is 6.53. The molecule has 9 heteroatoms. The fraction of sp³-hybridized carbons (Fsp3) is 0.607. The Labute approximate surface area is 219 Å². The summed E-state index contributed by atoms with van der Waals surface area (Å²) in [5, 5.41) is 11.2. The summed E-state index contributed by atoms with van der Waals surface area (Å²) in [6.07, 6.45) is 5.32. The highest BCUT2D eigenvalue weighted by molar-refractivity contribution is 5.96. The number of benzene rings is 1. The largest absolute Gasteiger partial charge is 0.354 e. The van der Waals surface area contributed by atoms with E-state index in [0.717, 1.165) is 18.4 Å². The van der Waals surface area contributed by atoms with Crippen LogP contribution in [-0.2, 0) is 30.4 Å². The molecule has 4 amide bonds. The number of hydrogen-bond donors (Lipinski definition) is 4. The number of unbranched alkanes of at least 4 members (excludes halogenated alkanes) is 2. The standard InChI is InChI=1S/C28H42N4O5/c1-4-21(33)15-9-6-10-16-22-26(36)32-28(2,3)27(37)31-23(19-20-13-7-5-8-14-20)25(35)29-18-12-11-17-24(34)30-22/h5,7-8,13-14,22-23H,4,6,9-12,15-19H2,1-3H3,(H,29,35)(H,30,34)(H,31,37)(H,32,36)/t22-,23-/m0/s1. The van der Waals surface area contributed by atoms with Crippen LogP contribution in [0.5, 0.6) is 0 Å². The molecule has 2 atom stereocenters. The first-order valence-electron chi connectivity index (χ1n) is 13.4. The number of ketones is 1. The number of rotatable bonds is 9. The topological polar surface area (TPSA) is 133 Å². The van der Waals surface area contributed by atoms with Crippen molar-refractivity contribution in [1.29, 1.82) is 0 Å². The van der Waals surface area contributed by atoms with Gasteiger partial charge < -0.3 is 21.3 Å². The zero-order valence-electron chi connectivity index (χ0n) is 22.4. The summed E-state index contributed by atoms with van der Waals surface area (Å²) >= 11 is 0. The van der Waals surface area contributed by atoms with E-state index in [0.29, 0.717) is 51.5 Å². The quantitative estimate of drug-likeness (QED) is 0.375. The van der Waals surface area contributed by atoms with Gasteiger partial charge in [0, 0.05) is 32.2 Å². The minimum Gasteiger partial charge on any atom is -0.354 e. The second-order valence-corrected chi connectivity index (χ2v) is 10.2. The van der Waals surface area contributed by atoms with Crippen LogP contribution >= 0.6 is 0 Å². The van der Waals surface area contributed by atoms with Gasteiger partial charge in [-0.05, 0) is 45.1 Å². The monoisotopic (exact) mass is 514 g/mol. The molecule has 1 heterocycles. The summed E-state index contributed by atoms with van der Waals surface area (Å²) in [4.78, 5) is 63.4. The Morgan fingerprint density at radius 2 is 1.65 bits per heavy atom. The predicted octanol–water partition coefficient (Wildman–Crippen LogP) is 2.32. The van der Waals surface area contributed by atoms with E-state index in [-0.39, 0.29) is 24.0 Å². The van der Waals surface area contributed by atoms with Crippen LogP contribution in [0.3, 0.4) is 0 Å². The van der Waals surface area contributed by atoms with Crippen LogP contribution in [0.25, 0.3) is 0 Å². The van der Waals surface area contributed by atoms with Gasteiger partial charge in [-0.3, -0.25) is 24.0 Å². The van der Waals surface area contributed by atoms with Crippen molar-refractivity contribution in [3.8, 4) is 0 Å². The highest BCUT2D eigenvalue weighted by Gasteiger charge is 2.35. The van der Waals surface area contributed by atoms with Crippen LogP contribution in [0.15, 0.2) is 30.3 Å². The van der Waals surface area contributed by atoms with Crippen molar-refractivity contribution in [1.82, 2.24) is 21.3 Å². The van der Waals surface area contributed by atoms with E-state index in [2.05, 4.69) is 21.3 Å². The van der Waals surface area contributed by atoms with E-state index in [9.17, 15) is 24.0 Å². The van der Waals surface area contributed by atoms with Crippen LogP contribution in [0, 0.1) is 0 Å². The predicted molar refractivity (Wildman–Crippen MR) is 141 cm³/mol. The van der Waals surface area contributed by atoms with Gasteiger partial charge in [-0.25, -0.2) is 0 Å². The molecular formula is C28H42N4O5. The van der Waals surface area contributed by atoms with Gasteiger partial charge in [0.1, 0.15) is 23.4 Å². The normalized spacial score (nSPS) is 21.5. The van der Waals surface area contributed by atoms with Crippen LogP contribution < -0.4 is 21.3 Å². The first-order chi connectivity index (χ1) is 17.6. The van der Waals surface area contributed by atoms with Crippen LogP contribution in [0.2, 0.25) is 0 Å². The number of amides is 4. The van der Waals surface area contributed by atoms with E-state index in [4.69, 9.17) is 0 Å². The average Bonchev–Trinajstić information content (AvgIpc) is 2.86. The minimum atomic E-state index is -1.32. The Morgan fingerprint density at radius 1 is 0.919 bits per heavy atom. The maximum absolute atomic E-state index is 13.2. The molecule has 37 heavy (non-hydrogen) atoms. The molecule has 0 aromatic heterocycles. The van der Waals surface area contributed by atoms with Crippen LogP contribution in [-0.4, -0.2) is 53.6 Å². The number of hydrogen-bond acceptors (Lipinski definition) is 5. The maximum atomic E-state index is 13.2. The lowest BCUT2D eigenvalue weighted by atomic mass is 9.99. The first kappa shape index (κ1) is 30.0. The summed E-state index contributed by atoms with van der Waals surface area (Å²) in [6.45, 7) is 5.37. The van der Waals surface area contributed by atoms with Crippen LogP contribution in [0.4, 0.5) is 0 Å². The number of carbonyl (C=O) groups excluding carboxylic acids is 5. The van der Waals surface area contributed by atoms with E-state index < -0.39 is 29.4 Å². The van der Waals surface area contributed by atoms with Gasteiger partial charge in [0.05, 0.1) is 0 Å². The summed E-state index contributed by atoms with van der Waals surface area (Å²) < 4.78 is 0. The van der Waals surface area contributed by atoms with Crippen molar-refractivity contribution in [2.24, 2.45) is 0 Å². The van der Waals surface area contributed by atoms with Gasteiger partial charge in [-0.2, -0.15) is 0 Å². The van der Waals surface area contributed by atoms with E-state index >= 15 is 0 Å². The second kappa shape index (κ2) is 15.1. The molecule has 1 aliphatic rings. The molecule has 0 saturated carbocycles. The van der Waals surface area contributed by atoms with Gasteiger partial charge in [-0.15, -0.1) is 0 Å². The van der Waals surface area contributed by atoms with Crippen molar-refractivity contribution < 1.29 is 24.0 Å². The Balaban J connectivity index is 2.13. The highest BCUT2D eigenvalue weighted by atomic mass is 16.2. The van der Waals surface area contributed by atoms with Crippen molar-refractivity contribution in [3.05, 3.63) is 35.9 Å². The van der Waals surface area contributed by atoms with Crippen molar-refractivity contribution in [2.75, 3.05) is 6.54 Å². The highest BCUT2D eigenvalue weighted by Crippen LogP contribution is 2.12. The Kier molecular flexibility index (Phi) is 12.3. The van der Waals surface area contributed by atoms with Crippen LogP contribution in [0.1, 0.15) is 84.1 Å². The maximum Gasteiger partial charge on any atom is 0.245 e. The summed E-state index contributed by atoms with van der Waals surface area (Å²) in [5.74, 6) is -1.27. The fourth-order valence-corrected chi connectivity index (χ4v) is 4.15. The molecular weight excluding hydrogens is 472 g/mol. The summed E-state index contributed by atoms with van der Waals surface area (Å²) in [6, 6.07) is 7.82. The molecule has 0 unspecified atom stereocenters. The minimum absolute atomic E-state index is 0.214. The molecule has 1 aromatic carbocycles. The van der Waals surface area contributed by atoms with Gasteiger partial charge in [0.2, 0.25) is 23.6 Å². The number of carbonyl (C=O) groups is 5. The van der Waals surface area contributed by atoms with E-state index in [1.54, 1.807) is 13.8 Å². The lowest BCUT2D eigenvalue weighted by Gasteiger charge is -2.30. The molecule has 2 rings (SSSR count). The fourth-order valence-electron chi connectivity index (χ4n) is 4.15. The third kappa shape index (κ3) is 10.7. The third-order valence-corrected chi connectivity index (χ3v) is 6.53. The molecule has 1 aliphatic heterocycles. The molecule has 0 aliphatic carbocycles. The van der Waals surface area contributed by atoms with Gasteiger partial charge in [0.15, 0.2) is 0 Å². The summed E-state index contributed by atoms with van der Waals surface area (Å²) in [7, 11) is 0. The number of nitrogens with one attached hydrogen (secondary N) is 4. The molecule has 4 N–H and O–H groups in total. The van der Waals surface area contributed by atoms with Crippen molar-refractivity contribution in [3.63, 3.8) is 0 Å². The van der Waals surface area contributed by atoms with Crippen molar-refractivity contribution >= 4 is 29.4 Å². The lowest BCUT2D eigenvalue weighted by Crippen LogP contribution is -2.61. The Bertz CT molecular complexity index is 932. The first-order valence-corrected chi connectivity index (χ1v) is 13.4. The zero-order valence-corrected chi connectivity index (χ0v) is 22.4. The average molecular weight is 515 g/mol. The SMILES string of the molecule is CCC(=O)CCCCC[C@@H]1NC(=O)CCCCNC(=O)[C@H](Cc2ccccc2)NC(=O)C(C)(C)NC1=O. The smallest absolute Gasteiger partial charge is 0.245 e. The zero-order chi connectivity index (χ0) is 27.3. The molecule has 0 spiro atoms. The molecule has 0 radical (unpaired) electrons. The Morgan fingerprint density at radius 3 is 2.35 bits per heavy atom. The van der Waals surface area contributed by atoms with E-state index in [1.807, 2.05) is 37.3 Å². The summed E-state index contributed by atoms with van der Waals surface area (Å²) in [5.41, 5.74) is -0.415. The molecule has 0 bridgehead atoms. The van der Waals surface area contributed by atoms with Gasteiger partial charge in [0.25, 0.3) is 0 Å². The molecule has 1 saturated heterocycles. The molecule has 1 aromatic rings. The second-order valence-electron chi connectivity index (χ2n) is 10.2. The lowest BCUT2D eigenvalue weighted by molar-refractivity contribution is -0.136. The van der Waals surface area contributed by atoms with E-state index in [1.165, 1.54) is 0 Å².